The van der Waals surface area contributed by atoms with Crippen molar-refractivity contribution >= 4 is 40.0 Å². The Labute approximate surface area is 270 Å². The van der Waals surface area contributed by atoms with Crippen molar-refractivity contribution in [3.8, 4) is 17.3 Å². The van der Waals surface area contributed by atoms with Crippen molar-refractivity contribution in [3.05, 3.63) is 82.9 Å². The highest BCUT2D eigenvalue weighted by atomic mass is 19.4. The molecule has 3 aromatic carbocycles. The van der Waals surface area contributed by atoms with E-state index in [1.54, 1.807) is 7.11 Å². The molecule has 242 valence electrons. The van der Waals surface area contributed by atoms with E-state index in [1.165, 1.54) is 25.0 Å². The van der Waals surface area contributed by atoms with Crippen LogP contribution in [-0.4, -0.2) is 50.7 Å². The average molecular weight is 640 g/mol. The zero-order chi connectivity index (χ0) is 32.6. The number of halogens is 3. The van der Waals surface area contributed by atoms with Gasteiger partial charge >= 0.3 is 6.18 Å². The average Bonchev–Trinajstić information content (AvgIpc) is 3.46. The van der Waals surface area contributed by atoms with Gasteiger partial charge in [-0.2, -0.15) is 13.2 Å². The summed E-state index contributed by atoms with van der Waals surface area (Å²) < 4.78 is 49.1. The molecule has 8 rings (SSSR count). The highest BCUT2D eigenvalue weighted by molar-refractivity contribution is 6.00. The molecule has 1 aliphatic heterocycles. The number of hydrogen-bond donors (Lipinski definition) is 1. The fourth-order valence-corrected chi connectivity index (χ4v) is 7.58. The summed E-state index contributed by atoms with van der Waals surface area (Å²) in [5, 5.41) is 1.05. The zero-order valence-electron chi connectivity index (χ0n) is 26.3. The number of carbonyl (C=O) groups excluding carboxylic acids is 1. The van der Waals surface area contributed by atoms with Gasteiger partial charge in [-0.25, -0.2) is 4.98 Å². The molecule has 2 bridgehead atoms. The lowest BCUT2D eigenvalue weighted by atomic mass is 10.1. The first-order valence-corrected chi connectivity index (χ1v) is 16.2. The van der Waals surface area contributed by atoms with E-state index in [0.717, 1.165) is 65.0 Å². The van der Waals surface area contributed by atoms with Gasteiger partial charge in [0.25, 0.3) is 5.91 Å². The Morgan fingerprint density at radius 1 is 1.00 bits per heavy atom. The van der Waals surface area contributed by atoms with Crippen molar-refractivity contribution in [2.45, 2.75) is 50.5 Å². The number of amides is 1. The number of imidazole rings is 1. The molecule has 0 spiro atoms. The summed E-state index contributed by atoms with van der Waals surface area (Å²) in [4.78, 5) is 20.7. The quantitative estimate of drug-likeness (QED) is 0.189. The summed E-state index contributed by atoms with van der Waals surface area (Å²) >= 11 is 0. The molecule has 5 aromatic rings. The van der Waals surface area contributed by atoms with E-state index in [-0.39, 0.29) is 18.0 Å². The molecular formula is C37H36F3N5O2. The number of alkyl halides is 3. The van der Waals surface area contributed by atoms with E-state index >= 15 is 0 Å². The van der Waals surface area contributed by atoms with Gasteiger partial charge in [0.05, 0.1) is 23.9 Å². The second kappa shape index (κ2) is 11.0. The van der Waals surface area contributed by atoms with Crippen LogP contribution in [-0.2, 0) is 19.8 Å². The number of carbonyl (C=O) groups is 1. The van der Waals surface area contributed by atoms with Crippen molar-refractivity contribution in [1.29, 1.82) is 0 Å². The van der Waals surface area contributed by atoms with Crippen LogP contribution in [0, 0.1) is 11.8 Å². The van der Waals surface area contributed by atoms with E-state index in [0.29, 0.717) is 40.8 Å². The molecule has 7 nitrogen and oxygen atoms in total. The van der Waals surface area contributed by atoms with Gasteiger partial charge in [-0.3, -0.25) is 4.79 Å². The second-order valence-electron chi connectivity index (χ2n) is 13.3. The fourth-order valence-electron chi connectivity index (χ4n) is 7.58. The number of fused-ring (bicyclic) bond motifs is 4. The van der Waals surface area contributed by atoms with E-state index in [2.05, 4.69) is 22.8 Å². The Balaban J connectivity index is 1.16. The normalized spacial score (nSPS) is 21.1. The van der Waals surface area contributed by atoms with Crippen LogP contribution in [0.1, 0.15) is 52.7 Å². The molecule has 3 fully saturated rings. The van der Waals surface area contributed by atoms with Gasteiger partial charge < -0.3 is 24.5 Å². The molecule has 3 aliphatic rings. The van der Waals surface area contributed by atoms with Crippen molar-refractivity contribution in [2.24, 2.45) is 24.6 Å². The molecule has 0 unspecified atom stereocenters. The predicted molar refractivity (Wildman–Crippen MR) is 177 cm³/mol. The number of piperidine rings is 1. The topological polar surface area (TPSA) is 78.3 Å². The van der Waals surface area contributed by atoms with Crippen LogP contribution < -0.4 is 10.5 Å². The molecule has 1 amide bonds. The first-order chi connectivity index (χ1) is 22.6. The summed E-state index contributed by atoms with van der Waals surface area (Å²) in [5.74, 6) is 2.33. The van der Waals surface area contributed by atoms with Crippen LogP contribution in [0.4, 0.5) is 13.2 Å². The van der Waals surface area contributed by atoms with Gasteiger partial charge in [-0.15, -0.1) is 0 Å². The molecule has 0 radical (unpaired) electrons. The molecule has 3 heterocycles. The van der Waals surface area contributed by atoms with Gasteiger partial charge in [0.15, 0.2) is 5.82 Å². The lowest BCUT2D eigenvalue weighted by molar-refractivity contribution is -0.137. The molecule has 2 aromatic heterocycles. The number of rotatable bonds is 7. The van der Waals surface area contributed by atoms with E-state index in [1.807, 2.05) is 46.9 Å². The third kappa shape index (κ3) is 5.19. The Hall–Kier alpha value is -4.57. The fraction of sp³-hybridized carbons (Fsp3) is 0.351. The SMILES string of the molecule is COc1cc(C(=O)N2C[C@H]3CC[C@@H]2[C@H]3N)cc2nc(-c3cc4cc(/C=C/c5ccc(C(F)(F)F)cc5)ccc4n3CC3CC3)n(C)c12. The molecule has 1 saturated heterocycles. The minimum Gasteiger partial charge on any atom is -0.494 e. The Morgan fingerprint density at radius 2 is 1.74 bits per heavy atom. The van der Waals surface area contributed by atoms with E-state index in [9.17, 15) is 18.0 Å². The van der Waals surface area contributed by atoms with Crippen LogP contribution in [0.25, 0.3) is 45.6 Å². The van der Waals surface area contributed by atoms with E-state index < -0.39 is 11.7 Å². The number of hydrogen-bond acceptors (Lipinski definition) is 4. The third-order valence-electron chi connectivity index (χ3n) is 10.3. The predicted octanol–water partition coefficient (Wildman–Crippen LogP) is 7.36. The number of methoxy groups -OCH3 is 1. The monoisotopic (exact) mass is 639 g/mol. The van der Waals surface area contributed by atoms with Crippen molar-refractivity contribution in [3.63, 3.8) is 0 Å². The maximum Gasteiger partial charge on any atom is 0.416 e. The molecule has 47 heavy (non-hydrogen) atoms. The van der Waals surface area contributed by atoms with Crippen molar-refractivity contribution in [1.82, 2.24) is 19.0 Å². The summed E-state index contributed by atoms with van der Waals surface area (Å²) in [6.45, 7) is 1.57. The number of ether oxygens (including phenoxy) is 1. The summed E-state index contributed by atoms with van der Waals surface area (Å²) in [6, 6.07) is 17.4. The minimum atomic E-state index is -4.36. The Kier molecular flexibility index (Phi) is 6.98. The number of aromatic nitrogens is 3. The summed E-state index contributed by atoms with van der Waals surface area (Å²) in [7, 11) is 3.59. The zero-order valence-corrected chi connectivity index (χ0v) is 26.3. The minimum absolute atomic E-state index is 0.0280. The number of likely N-dealkylation sites (tertiary alicyclic amines) is 1. The lowest BCUT2D eigenvalue weighted by Gasteiger charge is -2.27. The maximum absolute atomic E-state index is 13.7. The number of aryl methyl sites for hydroxylation is 1. The summed E-state index contributed by atoms with van der Waals surface area (Å²) in [5.41, 5.74) is 11.5. The van der Waals surface area contributed by atoms with Crippen LogP contribution in [0.2, 0.25) is 0 Å². The highest BCUT2D eigenvalue weighted by Crippen LogP contribution is 2.40. The number of benzene rings is 3. The molecule has 10 heteroatoms. The van der Waals surface area contributed by atoms with Crippen LogP contribution in [0.15, 0.2) is 60.7 Å². The largest absolute Gasteiger partial charge is 0.494 e. The molecule has 2 N–H and O–H groups in total. The Morgan fingerprint density at radius 3 is 2.40 bits per heavy atom. The van der Waals surface area contributed by atoms with Gasteiger partial charge in [-0.05, 0) is 91.1 Å². The highest BCUT2D eigenvalue weighted by Gasteiger charge is 2.47. The lowest BCUT2D eigenvalue weighted by Crippen LogP contribution is -2.41. The third-order valence-corrected chi connectivity index (χ3v) is 10.3. The van der Waals surface area contributed by atoms with E-state index in [4.69, 9.17) is 15.5 Å². The van der Waals surface area contributed by atoms with Crippen LogP contribution in [0.3, 0.4) is 0 Å². The van der Waals surface area contributed by atoms with Crippen LogP contribution in [0.5, 0.6) is 5.75 Å². The molecule has 2 saturated carbocycles. The maximum atomic E-state index is 13.7. The van der Waals surface area contributed by atoms with Gasteiger partial charge in [0.2, 0.25) is 0 Å². The molecule has 3 atom stereocenters. The van der Waals surface area contributed by atoms with Crippen LogP contribution >= 0.6 is 0 Å². The van der Waals surface area contributed by atoms with Gasteiger partial charge in [0.1, 0.15) is 11.3 Å². The Bertz CT molecular complexity index is 2050. The van der Waals surface area contributed by atoms with Gasteiger partial charge in [-0.1, -0.05) is 30.4 Å². The molecule has 2 aliphatic carbocycles. The first-order valence-electron chi connectivity index (χ1n) is 16.2. The standard InChI is InChI=1S/C37H36F3N5O2/c1-43-34-28(16-26(18-32(34)47-2)36(46)45-20-24-10-14-30(45)33(24)41)42-35(43)31-17-25-15-22(9-13-29(25)44(31)19-23-5-6-23)4-3-21-7-11-27(12-8-21)37(38,39)40/h3-4,7-9,11-13,15-18,23-24,30,33H,5-6,10,14,19-20,41H2,1-2H3/b4-3+/t24-,30-,33+/m1/s1. The number of nitrogens with zero attached hydrogens (tertiary/aromatic N) is 4. The summed E-state index contributed by atoms with van der Waals surface area (Å²) in [6.07, 6.45) is 3.78. The number of nitrogens with two attached hydrogens (primary N) is 1. The second-order valence-corrected chi connectivity index (χ2v) is 13.3. The first kappa shape index (κ1) is 29.8. The van der Waals surface area contributed by atoms with Crippen molar-refractivity contribution in [2.75, 3.05) is 13.7 Å². The smallest absolute Gasteiger partial charge is 0.416 e. The van der Waals surface area contributed by atoms with Gasteiger partial charge in [0, 0.05) is 48.7 Å². The molecular weight excluding hydrogens is 603 g/mol. The van der Waals surface area contributed by atoms with Crippen molar-refractivity contribution < 1.29 is 22.7 Å².